The summed E-state index contributed by atoms with van der Waals surface area (Å²) in [6.45, 7) is 58.2. The van der Waals surface area contributed by atoms with Crippen LogP contribution in [0.5, 0.6) is 0 Å². The minimum Gasteiger partial charge on any atom is -0.448 e. The fourth-order valence-corrected chi connectivity index (χ4v) is 4.99. The molecule has 0 aliphatic carbocycles. The summed E-state index contributed by atoms with van der Waals surface area (Å²) < 4.78 is 40.0. The van der Waals surface area contributed by atoms with Crippen LogP contribution in [-0.4, -0.2) is 60.7 Å². The van der Waals surface area contributed by atoms with Crippen molar-refractivity contribution in [2.45, 2.75) is 248 Å². The molecule has 8 aromatic heterocycles. The number of rotatable bonds is 8. The molecule has 464 valence electrons. The van der Waals surface area contributed by atoms with E-state index in [1.54, 1.807) is 26.3 Å². The zero-order valence-corrected chi connectivity index (χ0v) is 56.3. The maximum Gasteiger partial charge on any atom is 0.229 e. The summed E-state index contributed by atoms with van der Waals surface area (Å²) in [6, 6.07) is 1.96. The van der Waals surface area contributed by atoms with E-state index in [2.05, 4.69) is 137 Å². The van der Waals surface area contributed by atoms with Gasteiger partial charge in [-0.1, -0.05) is 166 Å². The second kappa shape index (κ2) is 48.4. The standard InChI is InChI=1S/4C7H11NO.4C6H10N2O.C4H10.C2H6.3Ar/c1-5(2)7-6(3)8-4-9-7;1-5(2)7-4-8-6(3)9-7;1-5(2)7-8-6(3)4-9-7;1-5(2)7-4-6(3)9-8-7;1-4(2)6-8-7-5(3)9-6;1-4(2)6-7-5(3)9-8-6;2*1-4(2)6-7-5(3)8-9-6;1-4(2)3;1-2;;;/h4*4-5H,1-3H3;4*4H,1-3H3;4H,1-3H3;1-2H3;;;. The smallest absolute Gasteiger partial charge is 0.229 e. The third-order valence-electron chi connectivity index (χ3n) is 9.05. The monoisotopic (exact) mass is 1210 g/mol. The summed E-state index contributed by atoms with van der Waals surface area (Å²) in [7, 11) is 0. The van der Waals surface area contributed by atoms with Crippen molar-refractivity contribution in [2.24, 2.45) is 5.92 Å². The Hall–Kier alpha value is -2.82. The molecule has 0 saturated heterocycles. The van der Waals surface area contributed by atoms with Gasteiger partial charge in [0.15, 0.2) is 35.6 Å². The van der Waals surface area contributed by atoms with Gasteiger partial charge in [0.2, 0.25) is 29.5 Å². The third kappa shape index (κ3) is 41.8. The Morgan fingerprint density at radius 3 is 1.07 bits per heavy atom. The Balaban J connectivity index is -0.000000266. The van der Waals surface area contributed by atoms with Crippen LogP contribution in [0.3, 0.4) is 0 Å². The van der Waals surface area contributed by atoms with Gasteiger partial charge in [0, 0.05) is 181 Å². The number of oxazole rings is 3. The Bertz CT molecular complexity index is 2230. The molecule has 0 aromatic carbocycles. The largest absolute Gasteiger partial charge is 0.448 e. The second-order valence-electron chi connectivity index (χ2n) is 20.9. The van der Waals surface area contributed by atoms with Crippen molar-refractivity contribution >= 4 is 0 Å². The van der Waals surface area contributed by atoms with Gasteiger partial charge in [0.1, 0.15) is 23.5 Å². The van der Waals surface area contributed by atoms with Crippen LogP contribution in [-0.2, 0) is 0 Å². The minimum absolute atomic E-state index is 0. The van der Waals surface area contributed by atoms with Crippen LogP contribution in [0.4, 0.5) is 0 Å². The van der Waals surface area contributed by atoms with Gasteiger partial charge >= 0.3 is 0 Å². The molecule has 23 heteroatoms. The summed E-state index contributed by atoms with van der Waals surface area (Å²) in [5.41, 5.74) is 3.00. The molecule has 8 rings (SSSR count). The first-order valence-electron chi connectivity index (χ1n) is 27.2. The molecule has 81 heavy (non-hydrogen) atoms. The minimum atomic E-state index is 0. The predicted octanol–water partition coefficient (Wildman–Crippen LogP) is 17.1. The first-order valence-corrected chi connectivity index (χ1v) is 27.2. The van der Waals surface area contributed by atoms with Crippen molar-refractivity contribution in [3.05, 3.63) is 118 Å². The average molecular weight is 1210 g/mol. The molecule has 20 nitrogen and oxygen atoms in total. The van der Waals surface area contributed by atoms with E-state index in [0.29, 0.717) is 88.4 Å². The Kier molecular flexibility index (Phi) is 52.0. The quantitative estimate of drug-likeness (QED) is 0.137. The first kappa shape index (κ1) is 87.0. The third-order valence-corrected chi connectivity index (χ3v) is 9.05. The van der Waals surface area contributed by atoms with Gasteiger partial charge in [-0.3, -0.25) is 0 Å². The zero-order valence-electron chi connectivity index (χ0n) is 54.2. The van der Waals surface area contributed by atoms with Crippen LogP contribution < -0.4 is 0 Å². The molecule has 0 spiro atoms. The molecule has 0 saturated carbocycles. The van der Waals surface area contributed by atoms with Crippen LogP contribution in [0.2, 0.25) is 0 Å². The Morgan fingerprint density at radius 2 is 0.901 bits per heavy atom. The number of hydrogen-bond acceptors (Lipinski definition) is 20. The molecule has 0 atom stereocenters. The normalized spacial score (nSPS) is 10.0. The maximum atomic E-state index is 5.23. The molecular weight excluding hydrogens is 1110 g/mol. The molecule has 0 unspecified atom stereocenters. The van der Waals surface area contributed by atoms with E-state index in [0.717, 1.165) is 57.9 Å². The van der Waals surface area contributed by atoms with Crippen LogP contribution in [0.25, 0.3) is 0 Å². The van der Waals surface area contributed by atoms with Crippen molar-refractivity contribution in [2.75, 3.05) is 0 Å². The molecule has 8 heterocycles. The van der Waals surface area contributed by atoms with Crippen molar-refractivity contribution in [1.82, 2.24) is 60.7 Å². The summed E-state index contributed by atoms with van der Waals surface area (Å²) in [5, 5.41) is 22.4. The molecule has 8 aromatic rings. The van der Waals surface area contributed by atoms with Crippen LogP contribution in [0, 0.1) is 175 Å². The molecule has 0 N–H and O–H groups in total. The Morgan fingerprint density at radius 1 is 0.407 bits per heavy atom. The van der Waals surface area contributed by atoms with Gasteiger partial charge in [-0.15, -0.1) is 10.2 Å². The second-order valence-corrected chi connectivity index (χ2v) is 20.9. The van der Waals surface area contributed by atoms with E-state index < -0.39 is 0 Å². The van der Waals surface area contributed by atoms with Crippen LogP contribution in [0.15, 0.2) is 60.7 Å². The summed E-state index contributed by atoms with van der Waals surface area (Å²) >= 11 is 0. The molecule has 0 amide bonds. The van der Waals surface area contributed by atoms with Crippen molar-refractivity contribution in [1.29, 1.82) is 0 Å². The predicted molar refractivity (Wildman–Crippen MR) is 306 cm³/mol. The van der Waals surface area contributed by atoms with E-state index in [9.17, 15) is 0 Å². The molecule has 0 bridgehead atoms. The van der Waals surface area contributed by atoms with E-state index in [-0.39, 0.29) is 113 Å². The van der Waals surface area contributed by atoms with Gasteiger partial charge in [-0.05, 0) is 46.5 Å². The van der Waals surface area contributed by atoms with Gasteiger partial charge < -0.3 is 35.8 Å². The fourth-order valence-electron chi connectivity index (χ4n) is 4.99. The van der Waals surface area contributed by atoms with E-state index in [1.165, 1.54) is 6.39 Å². The van der Waals surface area contributed by atoms with Crippen LogP contribution in [0.1, 0.15) is 286 Å². The Labute approximate surface area is 575 Å². The van der Waals surface area contributed by atoms with Crippen molar-refractivity contribution in [3.8, 4) is 0 Å². The molecule has 0 aliphatic rings. The van der Waals surface area contributed by atoms with Gasteiger partial charge in [-0.2, -0.15) is 15.0 Å². The summed E-state index contributed by atoms with van der Waals surface area (Å²) in [6.07, 6.45) is 4.94. The maximum absolute atomic E-state index is 5.23. The topological polar surface area (TPSA) is 260 Å². The number of aryl methyl sites for hydroxylation is 8. The average Bonchev–Trinajstić information content (AvgIpc) is 4.20. The van der Waals surface area contributed by atoms with E-state index in [1.807, 2.05) is 117 Å². The first-order chi connectivity index (χ1) is 36.3. The van der Waals surface area contributed by atoms with Crippen molar-refractivity contribution in [3.63, 3.8) is 0 Å². The number of hydrogen-bond donors (Lipinski definition) is 0. The molecular formula is C58H100Ar3N12O8. The van der Waals surface area contributed by atoms with E-state index in [4.69, 9.17) is 35.8 Å². The number of nitrogens with zero attached hydrogens (tertiary/aromatic N) is 12. The van der Waals surface area contributed by atoms with Crippen molar-refractivity contribution < 1.29 is 149 Å². The SMILES string of the molecule is CC.CC(C)C.Cc1cc(C(C)C)no1.Cc1coc(C(C)C)n1.Cc1nc(C(C)C)no1.Cc1ncc(C(C)C)o1.Cc1ncoc1C(C)C.Cc1nnc(C(C)C)o1.Cc1noc(C(C)C)n1.Cc1noc(C(C)C)n1.[Ar].[Ar].[Ar]. The molecule has 0 radical (unpaired) electrons. The van der Waals surface area contributed by atoms with Gasteiger partial charge in [-0.25, -0.2) is 15.0 Å². The van der Waals surface area contributed by atoms with Gasteiger partial charge in [0.05, 0.1) is 23.3 Å². The van der Waals surface area contributed by atoms with E-state index >= 15 is 0 Å². The molecule has 0 fully saturated rings. The fraction of sp³-hybridized carbons (Fsp3) is 0.655. The summed E-state index contributed by atoms with van der Waals surface area (Å²) in [4.78, 5) is 24.2. The molecule has 0 aliphatic heterocycles. The zero-order chi connectivity index (χ0) is 60.4. The number of aromatic nitrogens is 12. The van der Waals surface area contributed by atoms with Gasteiger partial charge in [0.25, 0.3) is 0 Å². The summed E-state index contributed by atoms with van der Waals surface area (Å²) in [5.74, 6) is 14.0. The van der Waals surface area contributed by atoms with Crippen LogP contribution >= 0.6 is 0 Å².